The van der Waals surface area contributed by atoms with Gasteiger partial charge in [-0.2, -0.15) is 13.2 Å². The Morgan fingerprint density at radius 3 is 2.69 bits per heavy atom. The molecule has 0 aliphatic carbocycles. The van der Waals surface area contributed by atoms with E-state index in [9.17, 15) is 13.2 Å². The molecule has 1 rings (SSSR count). The lowest BCUT2D eigenvalue weighted by Crippen LogP contribution is -2.16. The number of ether oxygens (including phenoxy) is 1. The molecule has 0 aliphatic rings. The van der Waals surface area contributed by atoms with E-state index >= 15 is 0 Å². The maximum atomic E-state index is 11.7. The van der Waals surface area contributed by atoms with Crippen LogP contribution in [-0.2, 0) is 11.3 Å². The number of aromatic nitrogens is 2. The Labute approximate surface area is 98.3 Å². The van der Waals surface area contributed by atoms with E-state index in [1.165, 1.54) is 0 Å². The summed E-state index contributed by atoms with van der Waals surface area (Å²) in [5, 5.41) is 7.24. The highest BCUT2D eigenvalue weighted by Crippen LogP contribution is 2.24. The molecule has 16 heavy (non-hydrogen) atoms. The quantitative estimate of drug-likeness (QED) is 0.785. The van der Waals surface area contributed by atoms with Gasteiger partial charge in [0.05, 0.1) is 4.83 Å². The summed E-state index contributed by atoms with van der Waals surface area (Å²) in [6.07, 6.45) is -3.60. The Hall–Kier alpha value is -0.630. The standard InChI is InChI=1S/C8H10BrF3N2O2/c1-2-5(9)7-14-13-6(16-7)3-15-4-8(10,11)12/h5H,2-4H2,1H3. The molecule has 0 amide bonds. The lowest BCUT2D eigenvalue weighted by Gasteiger charge is -2.04. The van der Waals surface area contributed by atoms with Crippen molar-refractivity contribution in [3.05, 3.63) is 11.8 Å². The van der Waals surface area contributed by atoms with Crippen molar-refractivity contribution in [2.75, 3.05) is 6.61 Å². The van der Waals surface area contributed by atoms with Crippen LogP contribution in [0.15, 0.2) is 4.42 Å². The van der Waals surface area contributed by atoms with Crippen LogP contribution in [0.25, 0.3) is 0 Å². The summed E-state index contributed by atoms with van der Waals surface area (Å²) >= 11 is 3.28. The molecule has 1 aromatic heterocycles. The Bertz CT molecular complexity index is 329. The minimum atomic E-state index is -4.34. The van der Waals surface area contributed by atoms with Gasteiger partial charge < -0.3 is 9.15 Å². The van der Waals surface area contributed by atoms with Crippen LogP contribution >= 0.6 is 15.9 Å². The number of alkyl halides is 4. The number of hydrogen-bond donors (Lipinski definition) is 0. The zero-order valence-corrected chi connectivity index (χ0v) is 10.0. The highest BCUT2D eigenvalue weighted by molar-refractivity contribution is 9.09. The van der Waals surface area contributed by atoms with E-state index in [0.29, 0.717) is 5.89 Å². The van der Waals surface area contributed by atoms with Crippen LogP contribution in [0.5, 0.6) is 0 Å². The average Bonchev–Trinajstić information content (AvgIpc) is 2.63. The van der Waals surface area contributed by atoms with Gasteiger partial charge in [-0.15, -0.1) is 10.2 Å². The van der Waals surface area contributed by atoms with Gasteiger partial charge in [-0.3, -0.25) is 0 Å². The minimum absolute atomic E-state index is 0.0390. The minimum Gasteiger partial charge on any atom is -0.422 e. The smallest absolute Gasteiger partial charge is 0.411 e. The van der Waals surface area contributed by atoms with Crippen molar-refractivity contribution in [1.29, 1.82) is 0 Å². The van der Waals surface area contributed by atoms with E-state index in [1.807, 2.05) is 6.92 Å². The number of halogens is 4. The summed E-state index contributed by atoms with van der Waals surface area (Å²) in [6, 6.07) is 0. The molecule has 1 atom stereocenters. The first-order valence-electron chi connectivity index (χ1n) is 4.53. The van der Waals surface area contributed by atoms with E-state index in [1.54, 1.807) is 0 Å². The van der Waals surface area contributed by atoms with Gasteiger partial charge in [0, 0.05) is 0 Å². The third-order valence-corrected chi connectivity index (χ3v) is 2.64. The first kappa shape index (κ1) is 13.4. The summed E-state index contributed by atoms with van der Waals surface area (Å²) in [4.78, 5) is -0.0867. The van der Waals surface area contributed by atoms with Crippen LogP contribution in [0.3, 0.4) is 0 Å². The molecule has 0 N–H and O–H groups in total. The molecule has 1 heterocycles. The summed E-state index contributed by atoms with van der Waals surface area (Å²) in [5.74, 6) is 0.380. The van der Waals surface area contributed by atoms with Crippen molar-refractivity contribution in [1.82, 2.24) is 10.2 Å². The monoisotopic (exact) mass is 302 g/mol. The zero-order valence-electron chi connectivity index (χ0n) is 8.42. The van der Waals surface area contributed by atoms with E-state index in [-0.39, 0.29) is 17.3 Å². The van der Waals surface area contributed by atoms with Crippen molar-refractivity contribution in [3.63, 3.8) is 0 Å². The number of rotatable bonds is 5. The summed E-state index contributed by atoms with van der Waals surface area (Å²) in [7, 11) is 0. The second-order valence-electron chi connectivity index (χ2n) is 3.02. The molecule has 0 saturated carbocycles. The first-order valence-corrected chi connectivity index (χ1v) is 5.44. The molecule has 0 spiro atoms. The first-order chi connectivity index (χ1) is 7.42. The third kappa shape index (κ3) is 4.48. The molecule has 92 valence electrons. The molecule has 1 unspecified atom stereocenters. The topological polar surface area (TPSA) is 48.2 Å². The van der Waals surface area contributed by atoms with Crippen LogP contribution in [0.4, 0.5) is 13.2 Å². The molecule has 8 heteroatoms. The Kier molecular flexibility index (Phi) is 4.72. The molecule has 0 aliphatic heterocycles. The molecule has 1 aromatic rings. The predicted molar refractivity (Wildman–Crippen MR) is 52.0 cm³/mol. The Balaban J connectivity index is 2.41. The summed E-state index contributed by atoms with van der Waals surface area (Å²) < 4.78 is 44.7. The summed E-state index contributed by atoms with van der Waals surface area (Å²) in [5.41, 5.74) is 0. The second kappa shape index (κ2) is 5.62. The predicted octanol–water partition coefficient (Wildman–Crippen LogP) is 2.99. The Morgan fingerprint density at radius 1 is 1.44 bits per heavy atom. The highest BCUT2D eigenvalue weighted by atomic mass is 79.9. The fourth-order valence-electron chi connectivity index (χ4n) is 0.880. The van der Waals surface area contributed by atoms with Gasteiger partial charge in [0.2, 0.25) is 11.8 Å². The molecule has 4 nitrogen and oxygen atoms in total. The van der Waals surface area contributed by atoms with E-state index < -0.39 is 12.8 Å². The van der Waals surface area contributed by atoms with Crippen molar-refractivity contribution in [2.45, 2.75) is 31.0 Å². The normalized spacial score (nSPS) is 14.1. The van der Waals surface area contributed by atoms with Gasteiger partial charge in [0.25, 0.3) is 0 Å². The van der Waals surface area contributed by atoms with E-state index in [4.69, 9.17) is 4.42 Å². The van der Waals surface area contributed by atoms with Crippen molar-refractivity contribution >= 4 is 15.9 Å². The molecule has 0 saturated heterocycles. The largest absolute Gasteiger partial charge is 0.422 e. The molecule has 0 fully saturated rings. The lowest BCUT2D eigenvalue weighted by molar-refractivity contribution is -0.177. The maximum absolute atomic E-state index is 11.7. The maximum Gasteiger partial charge on any atom is 0.411 e. The van der Waals surface area contributed by atoms with Gasteiger partial charge in [0.15, 0.2) is 0 Å². The van der Waals surface area contributed by atoms with E-state index in [0.717, 1.165) is 6.42 Å². The SMILES string of the molecule is CCC(Br)c1nnc(COCC(F)(F)F)o1. The van der Waals surface area contributed by atoms with Crippen LogP contribution in [0.2, 0.25) is 0 Å². The van der Waals surface area contributed by atoms with Crippen LogP contribution in [-0.4, -0.2) is 23.0 Å². The van der Waals surface area contributed by atoms with Crippen molar-refractivity contribution < 1.29 is 22.3 Å². The lowest BCUT2D eigenvalue weighted by atomic mass is 10.3. The fraction of sp³-hybridized carbons (Fsp3) is 0.750. The van der Waals surface area contributed by atoms with Gasteiger partial charge in [-0.25, -0.2) is 0 Å². The molecular weight excluding hydrogens is 293 g/mol. The van der Waals surface area contributed by atoms with Gasteiger partial charge in [-0.1, -0.05) is 22.9 Å². The van der Waals surface area contributed by atoms with Crippen LogP contribution in [0, 0.1) is 0 Å². The molecular formula is C8H10BrF3N2O2. The fourth-order valence-corrected chi connectivity index (χ4v) is 1.07. The van der Waals surface area contributed by atoms with Crippen LogP contribution in [0.1, 0.15) is 30.0 Å². The van der Waals surface area contributed by atoms with Crippen molar-refractivity contribution in [3.8, 4) is 0 Å². The van der Waals surface area contributed by atoms with Gasteiger partial charge >= 0.3 is 6.18 Å². The van der Waals surface area contributed by atoms with Gasteiger partial charge in [0.1, 0.15) is 13.2 Å². The number of nitrogens with zero attached hydrogens (tertiary/aromatic N) is 2. The van der Waals surface area contributed by atoms with E-state index in [2.05, 4.69) is 30.9 Å². The molecule has 0 bridgehead atoms. The third-order valence-electron chi connectivity index (χ3n) is 1.60. The average molecular weight is 303 g/mol. The van der Waals surface area contributed by atoms with Crippen molar-refractivity contribution in [2.24, 2.45) is 0 Å². The second-order valence-corrected chi connectivity index (χ2v) is 4.12. The van der Waals surface area contributed by atoms with Gasteiger partial charge in [-0.05, 0) is 6.42 Å². The zero-order chi connectivity index (χ0) is 12.2. The summed E-state index contributed by atoms with van der Waals surface area (Å²) in [6.45, 7) is 0.246. The molecule has 0 aromatic carbocycles. The highest BCUT2D eigenvalue weighted by Gasteiger charge is 2.27. The van der Waals surface area contributed by atoms with Crippen LogP contribution < -0.4 is 0 Å². The molecule has 0 radical (unpaired) electrons. The number of hydrogen-bond acceptors (Lipinski definition) is 4. The Morgan fingerprint density at radius 2 is 2.12 bits per heavy atom.